The number of aromatic nitrogens is 2. The summed E-state index contributed by atoms with van der Waals surface area (Å²) < 4.78 is 5.29. The van der Waals surface area contributed by atoms with Crippen LogP contribution in [0.4, 0.5) is 5.82 Å². The first kappa shape index (κ1) is 11.1. The van der Waals surface area contributed by atoms with Gasteiger partial charge in [0.1, 0.15) is 6.10 Å². The summed E-state index contributed by atoms with van der Waals surface area (Å²) in [6.45, 7) is 2.78. The fraction of sp³-hybridized carbons (Fsp3) is 0.636. The molecule has 5 heteroatoms. The summed E-state index contributed by atoms with van der Waals surface area (Å²) >= 11 is 0. The van der Waals surface area contributed by atoms with Crippen molar-refractivity contribution < 1.29 is 9.53 Å². The molecule has 1 atom stereocenters. The highest BCUT2D eigenvalue weighted by Crippen LogP contribution is 2.14. The van der Waals surface area contributed by atoms with Crippen molar-refractivity contribution in [3.05, 3.63) is 11.8 Å². The van der Waals surface area contributed by atoms with Crippen LogP contribution in [0.25, 0.3) is 0 Å². The number of aryl methyl sites for hydroxylation is 1. The van der Waals surface area contributed by atoms with Gasteiger partial charge in [-0.1, -0.05) is 13.3 Å². The molecular formula is C11H17N3O2. The van der Waals surface area contributed by atoms with Gasteiger partial charge in [-0.2, -0.15) is 5.10 Å². The van der Waals surface area contributed by atoms with Gasteiger partial charge in [0, 0.05) is 18.4 Å². The monoisotopic (exact) mass is 223 g/mol. The third-order valence-corrected chi connectivity index (χ3v) is 2.62. The molecule has 0 radical (unpaired) electrons. The molecule has 2 N–H and O–H groups in total. The topological polar surface area (TPSA) is 67.0 Å². The van der Waals surface area contributed by atoms with Crippen LogP contribution in [0.2, 0.25) is 0 Å². The Hall–Kier alpha value is -1.36. The van der Waals surface area contributed by atoms with E-state index in [1.165, 1.54) is 0 Å². The summed E-state index contributed by atoms with van der Waals surface area (Å²) in [6.07, 6.45) is 3.47. The molecule has 0 unspecified atom stereocenters. The molecule has 1 aromatic heterocycles. The van der Waals surface area contributed by atoms with Gasteiger partial charge in [0.05, 0.1) is 0 Å². The molecule has 0 spiro atoms. The maximum Gasteiger partial charge on any atom is 0.254 e. The second kappa shape index (κ2) is 5.12. The van der Waals surface area contributed by atoms with Crippen LogP contribution in [0.1, 0.15) is 31.9 Å². The minimum Gasteiger partial charge on any atom is -0.368 e. The summed E-state index contributed by atoms with van der Waals surface area (Å²) in [4.78, 5) is 11.7. The molecule has 2 heterocycles. The quantitative estimate of drug-likeness (QED) is 0.812. The number of hydrogen-bond acceptors (Lipinski definition) is 3. The van der Waals surface area contributed by atoms with E-state index in [1.807, 2.05) is 6.07 Å². The van der Waals surface area contributed by atoms with E-state index < -0.39 is 0 Å². The molecule has 0 bridgehead atoms. The highest BCUT2D eigenvalue weighted by atomic mass is 16.5. The molecule has 5 nitrogen and oxygen atoms in total. The number of nitrogens with zero attached hydrogens (tertiary/aromatic N) is 1. The second-order valence-electron chi connectivity index (χ2n) is 4.02. The van der Waals surface area contributed by atoms with Crippen LogP contribution >= 0.6 is 0 Å². The molecule has 88 valence electrons. The van der Waals surface area contributed by atoms with Gasteiger partial charge >= 0.3 is 0 Å². The van der Waals surface area contributed by atoms with Crippen LogP contribution in [0.15, 0.2) is 6.07 Å². The van der Waals surface area contributed by atoms with Crippen LogP contribution in [0, 0.1) is 0 Å². The lowest BCUT2D eigenvalue weighted by atomic mass is 10.2. The van der Waals surface area contributed by atoms with E-state index in [-0.39, 0.29) is 12.0 Å². The fourth-order valence-electron chi connectivity index (χ4n) is 1.81. The minimum atomic E-state index is -0.300. The number of aromatic amines is 1. The third kappa shape index (κ3) is 2.61. The van der Waals surface area contributed by atoms with Gasteiger partial charge in [-0.25, -0.2) is 0 Å². The largest absolute Gasteiger partial charge is 0.368 e. The van der Waals surface area contributed by atoms with Crippen molar-refractivity contribution in [3.8, 4) is 0 Å². The van der Waals surface area contributed by atoms with E-state index in [9.17, 15) is 4.79 Å². The van der Waals surface area contributed by atoms with Crippen LogP contribution in [-0.4, -0.2) is 28.8 Å². The van der Waals surface area contributed by atoms with Crippen molar-refractivity contribution in [1.82, 2.24) is 10.2 Å². The maximum absolute atomic E-state index is 11.7. The van der Waals surface area contributed by atoms with Crippen LogP contribution in [-0.2, 0) is 16.0 Å². The first-order valence-corrected chi connectivity index (χ1v) is 5.76. The number of carbonyl (C=O) groups excluding carboxylic acids is 1. The zero-order valence-electron chi connectivity index (χ0n) is 9.45. The Labute approximate surface area is 94.6 Å². The van der Waals surface area contributed by atoms with Gasteiger partial charge in [-0.05, 0) is 19.3 Å². The van der Waals surface area contributed by atoms with Gasteiger partial charge in [-0.3, -0.25) is 9.89 Å². The molecule has 1 saturated heterocycles. The lowest BCUT2D eigenvalue weighted by Gasteiger charge is -2.07. The van der Waals surface area contributed by atoms with Crippen LogP contribution in [0.5, 0.6) is 0 Å². The number of hydrogen-bond donors (Lipinski definition) is 2. The molecule has 1 aliphatic heterocycles. The molecular weight excluding hydrogens is 206 g/mol. The van der Waals surface area contributed by atoms with Gasteiger partial charge in [0.15, 0.2) is 5.82 Å². The lowest BCUT2D eigenvalue weighted by molar-refractivity contribution is -0.124. The smallest absolute Gasteiger partial charge is 0.254 e. The first-order valence-electron chi connectivity index (χ1n) is 5.76. The average Bonchev–Trinajstić information content (AvgIpc) is 2.89. The fourth-order valence-corrected chi connectivity index (χ4v) is 1.81. The van der Waals surface area contributed by atoms with E-state index in [4.69, 9.17) is 4.74 Å². The Kier molecular flexibility index (Phi) is 3.56. The zero-order valence-corrected chi connectivity index (χ0v) is 9.45. The van der Waals surface area contributed by atoms with Gasteiger partial charge in [0.2, 0.25) is 0 Å². The van der Waals surface area contributed by atoms with Crippen molar-refractivity contribution >= 4 is 11.7 Å². The summed E-state index contributed by atoms with van der Waals surface area (Å²) in [5.74, 6) is 0.496. The zero-order chi connectivity index (χ0) is 11.4. The molecule has 1 aliphatic rings. The normalized spacial score (nSPS) is 19.9. The van der Waals surface area contributed by atoms with Crippen molar-refractivity contribution in [3.63, 3.8) is 0 Å². The van der Waals surface area contributed by atoms with Gasteiger partial charge < -0.3 is 10.1 Å². The predicted molar refractivity (Wildman–Crippen MR) is 60.2 cm³/mol. The summed E-state index contributed by atoms with van der Waals surface area (Å²) in [5, 5.41) is 9.69. The molecule has 0 saturated carbocycles. The van der Waals surface area contributed by atoms with Crippen molar-refractivity contribution in [2.45, 2.75) is 38.7 Å². The first-order chi connectivity index (χ1) is 7.79. The lowest BCUT2D eigenvalue weighted by Crippen LogP contribution is -2.26. The summed E-state index contributed by atoms with van der Waals surface area (Å²) in [7, 11) is 0. The summed E-state index contributed by atoms with van der Waals surface area (Å²) in [5.41, 5.74) is 1.05. The highest BCUT2D eigenvalue weighted by molar-refractivity contribution is 5.93. The van der Waals surface area contributed by atoms with Gasteiger partial charge in [-0.15, -0.1) is 0 Å². The highest BCUT2D eigenvalue weighted by Gasteiger charge is 2.23. The van der Waals surface area contributed by atoms with Gasteiger partial charge in [0.25, 0.3) is 5.91 Å². The molecule has 1 aromatic rings. The Morgan fingerprint density at radius 3 is 3.31 bits per heavy atom. The molecule has 0 aliphatic carbocycles. The Bertz CT molecular complexity index is 356. The maximum atomic E-state index is 11.7. The molecule has 16 heavy (non-hydrogen) atoms. The minimum absolute atomic E-state index is 0.0907. The Balaban J connectivity index is 1.89. The number of nitrogens with one attached hydrogen (secondary N) is 2. The molecule has 0 aromatic carbocycles. The summed E-state index contributed by atoms with van der Waals surface area (Å²) in [6, 6.07) is 1.87. The molecule has 1 fully saturated rings. The second-order valence-corrected chi connectivity index (χ2v) is 4.02. The van der Waals surface area contributed by atoms with Crippen LogP contribution < -0.4 is 5.32 Å². The van der Waals surface area contributed by atoms with E-state index in [2.05, 4.69) is 22.4 Å². The van der Waals surface area contributed by atoms with E-state index in [0.29, 0.717) is 12.4 Å². The van der Waals surface area contributed by atoms with E-state index >= 15 is 0 Å². The predicted octanol–water partition coefficient (Wildman–Crippen LogP) is 1.48. The third-order valence-electron chi connectivity index (χ3n) is 2.62. The number of anilines is 1. The SMILES string of the molecule is CCCc1cc(NC(=O)[C@@H]2CCCO2)n[nH]1. The number of amides is 1. The number of carbonyl (C=O) groups is 1. The standard InChI is InChI=1S/C11H17N3O2/c1-2-4-8-7-10(14-13-8)12-11(15)9-5-3-6-16-9/h7,9H,2-6H2,1H3,(H2,12,13,14,15)/t9-/m0/s1. The Morgan fingerprint density at radius 1 is 1.75 bits per heavy atom. The Morgan fingerprint density at radius 2 is 2.62 bits per heavy atom. The van der Waals surface area contributed by atoms with Crippen molar-refractivity contribution in [2.24, 2.45) is 0 Å². The number of H-pyrrole nitrogens is 1. The van der Waals surface area contributed by atoms with E-state index in [1.54, 1.807) is 0 Å². The number of ether oxygens (including phenoxy) is 1. The molecule has 1 amide bonds. The number of rotatable bonds is 4. The van der Waals surface area contributed by atoms with Crippen molar-refractivity contribution in [1.29, 1.82) is 0 Å². The molecule has 2 rings (SSSR count). The average molecular weight is 223 g/mol. The van der Waals surface area contributed by atoms with E-state index in [0.717, 1.165) is 31.4 Å². The van der Waals surface area contributed by atoms with Crippen molar-refractivity contribution in [2.75, 3.05) is 11.9 Å². The van der Waals surface area contributed by atoms with Crippen LogP contribution in [0.3, 0.4) is 0 Å².